The Labute approximate surface area is 123 Å². The highest BCUT2D eigenvalue weighted by Gasteiger charge is 2.25. The lowest BCUT2D eigenvalue weighted by Gasteiger charge is -2.08. The van der Waals surface area contributed by atoms with Gasteiger partial charge >= 0.3 is 6.03 Å². The van der Waals surface area contributed by atoms with Crippen LogP contribution in [0.3, 0.4) is 0 Å². The molecule has 0 unspecified atom stereocenters. The van der Waals surface area contributed by atoms with Gasteiger partial charge in [-0.05, 0) is 43.5 Å². The van der Waals surface area contributed by atoms with Gasteiger partial charge in [-0.15, -0.1) is 0 Å². The van der Waals surface area contributed by atoms with Crippen molar-refractivity contribution in [1.29, 1.82) is 0 Å². The molecule has 1 aliphatic carbocycles. The Morgan fingerprint density at radius 2 is 2.14 bits per heavy atom. The van der Waals surface area contributed by atoms with Crippen LogP contribution in [0.4, 0.5) is 10.5 Å². The van der Waals surface area contributed by atoms with Crippen molar-refractivity contribution >= 4 is 11.7 Å². The monoisotopic (exact) mass is 282 g/mol. The van der Waals surface area contributed by atoms with E-state index in [2.05, 4.69) is 20.6 Å². The van der Waals surface area contributed by atoms with Gasteiger partial charge in [0.25, 0.3) is 0 Å². The molecule has 0 radical (unpaired) electrons. The van der Waals surface area contributed by atoms with Gasteiger partial charge in [0.1, 0.15) is 6.33 Å². The normalized spacial score (nSPS) is 13.8. The first-order valence-corrected chi connectivity index (χ1v) is 7.13. The van der Waals surface area contributed by atoms with Gasteiger partial charge in [-0.25, -0.2) is 14.8 Å². The zero-order chi connectivity index (χ0) is 14.7. The molecule has 3 rings (SSSR count). The van der Waals surface area contributed by atoms with E-state index >= 15 is 0 Å². The molecule has 108 valence electrons. The van der Waals surface area contributed by atoms with Crippen LogP contribution in [0.25, 0.3) is 0 Å². The molecule has 1 saturated carbocycles. The highest BCUT2D eigenvalue weighted by atomic mass is 16.2. The summed E-state index contributed by atoms with van der Waals surface area (Å²) >= 11 is 0. The maximum Gasteiger partial charge on any atom is 0.319 e. The number of nitrogens with zero attached hydrogens (tertiary/aromatic N) is 2. The highest BCUT2D eigenvalue weighted by Crippen LogP contribution is 2.38. The van der Waals surface area contributed by atoms with Crippen molar-refractivity contribution < 1.29 is 4.79 Å². The Morgan fingerprint density at radius 1 is 1.29 bits per heavy atom. The average Bonchev–Trinajstić information content (AvgIpc) is 3.30. The van der Waals surface area contributed by atoms with Crippen molar-refractivity contribution in [1.82, 2.24) is 15.3 Å². The minimum atomic E-state index is -0.229. The fourth-order valence-corrected chi connectivity index (χ4v) is 2.18. The van der Waals surface area contributed by atoms with Crippen molar-refractivity contribution in [2.45, 2.75) is 32.2 Å². The molecule has 0 aliphatic heterocycles. The second kappa shape index (κ2) is 5.91. The van der Waals surface area contributed by atoms with Crippen LogP contribution in [0, 0.1) is 6.92 Å². The van der Waals surface area contributed by atoms with Crippen molar-refractivity contribution in [3.63, 3.8) is 0 Å². The Kier molecular flexibility index (Phi) is 3.81. The summed E-state index contributed by atoms with van der Waals surface area (Å²) in [4.78, 5) is 20.3. The van der Waals surface area contributed by atoms with Gasteiger partial charge < -0.3 is 10.6 Å². The van der Waals surface area contributed by atoms with Crippen LogP contribution in [0.15, 0.2) is 36.7 Å². The zero-order valence-corrected chi connectivity index (χ0v) is 12.0. The molecule has 21 heavy (non-hydrogen) atoms. The second-order valence-corrected chi connectivity index (χ2v) is 5.39. The number of carbonyl (C=O) groups is 1. The van der Waals surface area contributed by atoms with E-state index in [9.17, 15) is 4.79 Å². The van der Waals surface area contributed by atoms with Crippen LogP contribution in [-0.2, 0) is 6.54 Å². The van der Waals surface area contributed by atoms with Crippen molar-refractivity contribution in [2.75, 3.05) is 5.32 Å². The summed E-state index contributed by atoms with van der Waals surface area (Å²) in [7, 11) is 0. The number of hydrogen-bond acceptors (Lipinski definition) is 3. The van der Waals surface area contributed by atoms with Gasteiger partial charge in [0.05, 0.1) is 12.2 Å². The molecule has 1 aliphatic rings. The number of hydrogen-bond donors (Lipinski definition) is 2. The summed E-state index contributed by atoms with van der Waals surface area (Å²) in [5, 5.41) is 5.62. The van der Waals surface area contributed by atoms with Crippen molar-refractivity contribution in [3.05, 3.63) is 53.6 Å². The average molecular weight is 282 g/mol. The third-order valence-corrected chi connectivity index (χ3v) is 3.45. The van der Waals surface area contributed by atoms with Crippen LogP contribution in [-0.4, -0.2) is 16.0 Å². The Balaban J connectivity index is 1.54. The van der Waals surface area contributed by atoms with Gasteiger partial charge in [0.15, 0.2) is 0 Å². The van der Waals surface area contributed by atoms with E-state index in [0.717, 1.165) is 22.6 Å². The molecule has 0 bridgehead atoms. The number of amides is 2. The van der Waals surface area contributed by atoms with E-state index in [1.165, 1.54) is 12.8 Å². The summed E-state index contributed by atoms with van der Waals surface area (Å²) in [6.07, 6.45) is 3.98. The van der Waals surface area contributed by atoms with Crippen molar-refractivity contribution in [3.8, 4) is 0 Å². The second-order valence-electron chi connectivity index (χ2n) is 5.39. The number of aromatic nitrogens is 2. The zero-order valence-electron chi connectivity index (χ0n) is 12.0. The Bertz CT molecular complexity index is 652. The van der Waals surface area contributed by atoms with Gasteiger partial charge in [-0.1, -0.05) is 12.1 Å². The topological polar surface area (TPSA) is 66.9 Å². The number of urea groups is 1. The van der Waals surface area contributed by atoms with E-state index < -0.39 is 0 Å². The smallest absolute Gasteiger partial charge is 0.319 e. The molecule has 0 spiro atoms. The summed E-state index contributed by atoms with van der Waals surface area (Å²) in [6, 6.07) is 9.44. The first kappa shape index (κ1) is 13.5. The largest absolute Gasteiger partial charge is 0.332 e. The molecule has 1 heterocycles. The highest BCUT2D eigenvalue weighted by molar-refractivity contribution is 5.89. The van der Waals surface area contributed by atoms with Gasteiger partial charge in [0, 0.05) is 17.3 Å². The first-order chi connectivity index (χ1) is 10.2. The lowest BCUT2D eigenvalue weighted by atomic mass is 10.2. The van der Waals surface area contributed by atoms with Gasteiger partial charge in [-0.3, -0.25) is 0 Å². The van der Waals surface area contributed by atoms with Gasteiger partial charge in [0.2, 0.25) is 0 Å². The van der Waals surface area contributed by atoms with E-state index in [1.807, 2.05) is 37.3 Å². The van der Waals surface area contributed by atoms with E-state index in [4.69, 9.17) is 0 Å². The maximum atomic E-state index is 11.9. The fourth-order valence-electron chi connectivity index (χ4n) is 2.18. The molecule has 2 amide bonds. The third kappa shape index (κ3) is 3.78. The number of aryl methyl sites for hydroxylation is 1. The van der Waals surface area contributed by atoms with E-state index in [-0.39, 0.29) is 6.03 Å². The first-order valence-electron chi connectivity index (χ1n) is 7.13. The third-order valence-electron chi connectivity index (χ3n) is 3.45. The van der Waals surface area contributed by atoms with Crippen LogP contribution < -0.4 is 10.6 Å². The molecular weight excluding hydrogens is 264 g/mol. The molecule has 5 nitrogen and oxygen atoms in total. The Morgan fingerprint density at radius 3 is 2.90 bits per heavy atom. The van der Waals surface area contributed by atoms with Crippen LogP contribution in [0.2, 0.25) is 0 Å². The van der Waals surface area contributed by atoms with Crippen molar-refractivity contribution in [2.24, 2.45) is 0 Å². The molecule has 2 N–H and O–H groups in total. The molecular formula is C16H18N4O. The molecule has 5 heteroatoms. The minimum Gasteiger partial charge on any atom is -0.332 e. The fraction of sp³-hybridized carbons (Fsp3) is 0.312. The van der Waals surface area contributed by atoms with E-state index in [0.29, 0.717) is 12.5 Å². The minimum absolute atomic E-state index is 0.229. The predicted molar refractivity (Wildman–Crippen MR) is 81.0 cm³/mol. The predicted octanol–water partition coefficient (Wildman–Crippen LogP) is 2.98. The number of benzene rings is 1. The summed E-state index contributed by atoms with van der Waals surface area (Å²) in [6.45, 7) is 2.39. The number of anilines is 1. The lowest BCUT2D eigenvalue weighted by Crippen LogP contribution is -2.28. The SMILES string of the molecule is Cc1cccc(NC(=O)NCc2cc(C3CC3)ncn2)c1. The lowest BCUT2D eigenvalue weighted by molar-refractivity contribution is 0.251. The number of rotatable bonds is 4. The molecule has 1 fully saturated rings. The van der Waals surface area contributed by atoms with Crippen LogP contribution in [0.1, 0.15) is 35.7 Å². The molecule has 0 atom stereocenters. The van der Waals surface area contributed by atoms with Crippen LogP contribution >= 0.6 is 0 Å². The van der Waals surface area contributed by atoms with Crippen LogP contribution in [0.5, 0.6) is 0 Å². The molecule has 1 aromatic carbocycles. The Hall–Kier alpha value is -2.43. The maximum absolute atomic E-state index is 11.9. The summed E-state index contributed by atoms with van der Waals surface area (Å²) in [5.74, 6) is 0.591. The molecule has 1 aromatic heterocycles. The number of carbonyl (C=O) groups excluding carboxylic acids is 1. The summed E-state index contributed by atoms with van der Waals surface area (Å²) < 4.78 is 0. The number of nitrogens with one attached hydrogen (secondary N) is 2. The molecule has 2 aromatic rings. The van der Waals surface area contributed by atoms with E-state index in [1.54, 1.807) is 6.33 Å². The molecule has 0 saturated heterocycles. The standard InChI is InChI=1S/C16H18N4O/c1-11-3-2-4-13(7-11)20-16(21)17-9-14-8-15(12-5-6-12)19-10-18-14/h2-4,7-8,10,12H,5-6,9H2,1H3,(H2,17,20,21). The van der Waals surface area contributed by atoms with Gasteiger partial charge in [-0.2, -0.15) is 0 Å². The summed E-state index contributed by atoms with van der Waals surface area (Å²) in [5.41, 5.74) is 3.82. The quantitative estimate of drug-likeness (QED) is 0.906.